The second-order valence-corrected chi connectivity index (χ2v) is 5.37. The van der Waals surface area contributed by atoms with Gasteiger partial charge in [-0.2, -0.15) is 0 Å². The van der Waals surface area contributed by atoms with E-state index in [2.05, 4.69) is 55.2 Å². The number of thiazole rings is 1. The number of benzene rings is 2. The molecule has 2 aromatic carbocycles. The Bertz CT molecular complexity index is 652. The Morgan fingerprint density at radius 1 is 1.06 bits per heavy atom. The number of hydrogen-bond donors (Lipinski definition) is 0. The van der Waals surface area contributed by atoms with Crippen molar-refractivity contribution < 1.29 is 0 Å². The molecule has 3 aromatic rings. The average molecular weight is 227 g/mol. The zero-order chi connectivity index (χ0) is 11.1. The molecule has 0 aliphatic heterocycles. The van der Waals surface area contributed by atoms with Gasteiger partial charge < -0.3 is 0 Å². The fourth-order valence-electron chi connectivity index (χ4n) is 1.92. The fourth-order valence-corrected chi connectivity index (χ4v) is 3.02. The second-order valence-electron chi connectivity index (χ2n) is 4.34. The molecule has 1 heterocycles. The smallest absolute Gasteiger partial charge is 0.0964 e. The van der Waals surface area contributed by atoms with Crippen LogP contribution in [0, 0.1) is 0 Å². The van der Waals surface area contributed by atoms with Crippen molar-refractivity contribution in [2.45, 2.75) is 19.8 Å². The van der Waals surface area contributed by atoms with E-state index in [-0.39, 0.29) is 0 Å². The van der Waals surface area contributed by atoms with E-state index in [0.29, 0.717) is 5.92 Å². The first-order chi connectivity index (χ1) is 7.75. The van der Waals surface area contributed by atoms with E-state index >= 15 is 0 Å². The van der Waals surface area contributed by atoms with Crippen molar-refractivity contribution in [1.82, 2.24) is 4.98 Å². The van der Waals surface area contributed by atoms with Gasteiger partial charge in [0.1, 0.15) is 0 Å². The van der Waals surface area contributed by atoms with Gasteiger partial charge in [-0.1, -0.05) is 44.2 Å². The lowest BCUT2D eigenvalue weighted by atomic mass is 10.1. The Labute approximate surface area is 98.7 Å². The normalized spacial score (nSPS) is 11.7. The molecule has 0 unspecified atom stereocenters. The van der Waals surface area contributed by atoms with E-state index in [1.54, 1.807) is 0 Å². The molecule has 0 amide bonds. The van der Waals surface area contributed by atoms with Gasteiger partial charge in [0, 0.05) is 11.3 Å². The SMILES string of the molecule is CC(C)c1nc2ccc3ccccc3c2s1. The Hall–Kier alpha value is -1.41. The molecular weight excluding hydrogens is 214 g/mol. The van der Waals surface area contributed by atoms with Gasteiger partial charge in [-0.15, -0.1) is 11.3 Å². The third kappa shape index (κ3) is 1.41. The molecule has 0 saturated heterocycles. The first-order valence-electron chi connectivity index (χ1n) is 5.54. The highest BCUT2D eigenvalue weighted by molar-refractivity contribution is 7.19. The summed E-state index contributed by atoms with van der Waals surface area (Å²) in [6, 6.07) is 12.8. The molecule has 80 valence electrons. The van der Waals surface area contributed by atoms with Crippen LogP contribution in [0.2, 0.25) is 0 Å². The van der Waals surface area contributed by atoms with Crippen molar-refractivity contribution in [1.29, 1.82) is 0 Å². The third-order valence-electron chi connectivity index (χ3n) is 2.79. The molecule has 0 aliphatic carbocycles. The highest BCUT2D eigenvalue weighted by atomic mass is 32.1. The van der Waals surface area contributed by atoms with Crippen molar-refractivity contribution in [3.05, 3.63) is 41.4 Å². The van der Waals surface area contributed by atoms with Crippen LogP contribution < -0.4 is 0 Å². The Kier molecular flexibility index (Phi) is 2.18. The van der Waals surface area contributed by atoms with Crippen LogP contribution in [0.1, 0.15) is 24.8 Å². The van der Waals surface area contributed by atoms with Crippen LogP contribution in [0.3, 0.4) is 0 Å². The molecule has 0 atom stereocenters. The van der Waals surface area contributed by atoms with Crippen LogP contribution in [-0.2, 0) is 0 Å². The molecule has 3 rings (SSSR count). The lowest BCUT2D eigenvalue weighted by Crippen LogP contribution is -1.82. The molecule has 0 aliphatic rings. The minimum Gasteiger partial charge on any atom is -0.241 e. The first kappa shape index (κ1) is 9.79. The number of nitrogens with zero attached hydrogens (tertiary/aromatic N) is 1. The molecule has 0 fully saturated rings. The average Bonchev–Trinajstić information content (AvgIpc) is 2.73. The summed E-state index contributed by atoms with van der Waals surface area (Å²) in [6.45, 7) is 4.39. The predicted octanol–water partition coefficient (Wildman–Crippen LogP) is 4.57. The van der Waals surface area contributed by atoms with Crippen LogP contribution in [0.5, 0.6) is 0 Å². The van der Waals surface area contributed by atoms with Gasteiger partial charge in [0.05, 0.1) is 15.2 Å². The van der Waals surface area contributed by atoms with Crippen LogP contribution in [0.25, 0.3) is 21.0 Å². The van der Waals surface area contributed by atoms with Crippen molar-refractivity contribution in [2.24, 2.45) is 0 Å². The van der Waals surface area contributed by atoms with E-state index in [9.17, 15) is 0 Å². The Morgan fingerprint density at radius 3 is 2.69 bits per heavy atom. The van der Waals surface area contributed by atoms with Gasteiger partial charge in [0.15, 0.2) is 0 Å². The van der Waals surface area contributed by atoms with Crippen LogP contribution in [0.15, 0.2) is 36.4 Å². The number of aromatic nitrogens is 1. The zero-order valence-corrected chi connectivity index (χ0v) is 10.2. The largest absolute Gasteiger partial charge is 0.241 e. The number of rotatable bonds is 1. The fraction of sp³-hybridized carbons (Fsp3) is 0.214. The van der Waals surface area contributed by atoms with Crippen LogP contribution >= 0.6 is 11.3 Å². The van der Waals surface area contributed by atoms with Crippen molar-refractivity contribution >= 4 is 32.3 Å². The van der Waals surface area contributed by atoms with E-state index in [0.717, 1.165) is 5.52 Å². The number of fused-ring (bicyclic) bond motifs is 3. The maximum Gasteiger partial charge on any atom is 0.0964 e. The summed E-state index contributed by atoms with van der Waals surface area (Å²) in [7, 11) is 0. The molecule has 0 radical (unpaired) electrons. The quantitative estimate of drug-likeness (QED) is 0.593. The summed E-state index contributed by atoms with van der Waals surface area (Å²) >= 11 is 1.82. The molecule has 0 spiro atoms. The van der Waals surface area contributed by atoms with Gasteiger partial charge in [-0.3, -0.25) is 0 Å². The summed E-state index contributed by atoms with van der Waals surface area (Å²) in [6.07, 6.45) is 0. The molecule has 0 saturated carbocycles. The lowest BCUT2D eigenvalue weighted by Gasteiger charge is -1.96. The Balaban J connectivity index is 2.41. The summed E-state index contributed by atoms with van der Waals surface area (Å²) in [5, 5.41) is 3.85. The standard InChI is InChI=1S/C14H13NS/c1-9(2)14-15-12-8-7-10-5-3-4-6-11(10)13(12)16-14/h3-9H,1-2H3. The molecule has 2 heteroatoms. The lowest BCUT2D eigenvalue weighted by molar-refractivity contribution is 0.857. The summed E-state index contributed by atoms with van der Waals surface area (Å²) in [4.78, 5) is 4.68. The highest BCUT2D eigenvalue weighted by Crippen LogP contribution is 2.32. The van der Waals surface area contributed by atoms with Gasteiger partial charge >= 0.3 is 0 Å². The van der Waals surface area contributed by atoms with Gasteiger partial charge in [-0.25, -0.2) is 4.98 Å². The maximum atomic E-state index is 4.68. The third-order valence-corrected chi connectivity index (χ3v) is 4.19. The highest BCUT2D eigenvalue weighted by Gasteiger charge is 2.09. The minimum absolute atomic E-state index is 0.510. The topological polar surface area (TPSA) is 12.9 Å². The van der Waals surface area contributed by atoms with E-state index in [1.807, 2.05) is 11.3 Å². The maximum absolute atomic E-state index is 4.68. The van der Waals surface area contributed by atoms with E-state index in [4.69, 9.17) is 0 Å². The summed E-state index contributed by atoms with van der Waals surface area (Å²) in [5.41, 5.74) is 1.13. The van der Waals surface area contributed by atoms with E-state index < -0.39 is 0 Å². The predicted molar refractivity (Wildman–Crippen MR) is 71.2 cm³/mol. The van der Waals surface area contributed by atoms with Crippen LogP contribution in [-0.4, -0.2) is 4.98 Å². The molecular formula is C14H13NS. The monoisotopic (exact) mass is 227 g/mol. The summed E-state index contributed by atoms with van der Waals surface area (Å²) < 4.78 is 1.32. The van der Waals surface area contributed by atoms with Crippen LogP contribution in [0.4, 0.5) is 0 Å². The van der Waals surface area contributed by atoms with E-state index in [1.165, 1.54) is 20.5 Å². The number of hydrogen-bond acceptors (Lipinski definition) is 2. The van der Waals surface area contributed by atoms with Crippen molar-refractivity contribution in [2.75, 3.05) is 0 Å². The molecule has 16 heavy (non-hydrogen) atoms. The van der Waals surface area contributed by atoms with Gasteiger partial charge in [0.25, 0.3) is 0 Å². The molecule has 1 aromatic heterocycles. The van der Waals surface area contributed by atoms with Crippen molar-refractivity contribution in [3.8, 4) is 0 Å². The Morgan fingerprint density at radius 2 is 1.88 bits per heavy atom. The van der Waals surface area contributed by atoms with Gasteiger partial charge in [-0.05, 0) is 11.5 Å². The second kappa shape index (κ2) is 3.56. The zero-order valence-electron chi connectivity index (χ0n) is 9.40. The summed E-state index contributed by atoms with van der Waals surface area (Å²) in [5.74, 6) is 0.510. The molecule has 1 nitrogen and oxygen atoms in total. The van der Waals surface area contributed by atoms with Crippen molar-refractivity contribution in [3.63, 3.8) is 0 Å². The van der Waals surface area contributed by atoms with Gasteiger partial charge in [0.2, 0.25) is 0 Å². The first-order valence-corrected chi connectivity index (χ1v) is 6.35. The minimum atomic E-state index is 0.510. The molecule has 0 N–H and O–H groups in total. The molecule has 0 bridgehead atoms.